The monoisotopic (exact) mass is 205 g/mol. The van der Waals surface area contributed by atoms with E-state index in [1.807, 2.05) is 0 Å². The molecule has 1 aromatic heterocycles. The van der Waals surface area contributed by atoms with Crippen molar-refractivity contribution < 1.29 is 19.5 Å². The molecule has 1 aromatic carbocycles. The second-order valence-electron chi connectivity index (χ2n) is 2.95. The van der Waals surface area contributed by atoms with Crippen molar-refractivity contribution in [3.63, 3.8) is 0 Å². The van der Waals surface area contributed by atoms with E-state index in [-0.39, 0.29) is 5.56 Å². The zero-order valence-corrected chi connectivity index (χ0v) is 7.54. The van der Waals surface area contributed by atoms with Crippen molar-refractivity contribution in [3.8, 4) is 0 Å². The number of fused-ring (bicyclic) bond motifs is 1. The molecule has 15 heavy (non-hydrogen) atoms. The highest BCUT2D eigenvalue weighted by molar-refractivity contribution is 5.94. The summed E-state index contributed by atoms with van der Waals surface area (Å²) in [7, 11) is 0. The van der Waals surface area contributed by atoms with Crippen LogP contribution >= 0.6 is 0 Å². The summed E-state index contributed by atoms with van der Waals surface area (Å²) in [4.78, 5) is 10.7. The third-order valence-electron chi connectivity index (χ3n) is 1.97. The SMILES string of the molecule is O=C(O)c1ccc2cc(/C=N\O)oc2c1. The number of rotatable bonds is 2. The molecule has 0 aliphatic heterocycles. The molecule has 5 nitrogen and oxygen atoms in total. The van der Waals surface area contributed by atoms with Crippen LogP contribution in [-0.4, -0.2) is 22.5 Å². The van der Waals surface area contributed by atoms with E-state index in [0.29, 0.717) is 11.3 Å². The van der Waals surface area contributed by atoms with Crippen molar-refractivity contribution in [2.45, 2.75) is 0 Å². The molecule has 0 aliphatic rings. The number of hydrogen-bond acceptors (Lipinski definition) is 4. The average Bonchev–Trinajstić information content (AvgIpc) is 2.59. The lowest BCUT2D eigenvalue weighted by atomic mass is 10.2. The minimum Gasteiger partial charge on any atom is -0.478 e. The fourth-order valence-electron chi connectivity index (χ4n) is 1.31. The van der Waals surface area contributed by atoms with E-state index in [2.05, 4.69) is 5.16 Å². The Kier molecular flexibility index (Phi) is 2.13. The standard InChI is InChI=1S/C10H7NO4/c12-10(13)7-2-1-6-3-8(5-11-14)15-9(6)4-7/h1-5,14H,(H,12,13)/b11-5-. The summed E-state index contributed by atoms with van der Waals surface area (Å²) in [6.45, 7) is 0. The lowest BCUT2D eigenvalue weighted by molar-refractivity contribution is 0.0697. The number of hydrogen-bond donors (Lipinski definition) is 2. The van der Waals surface area contributed by atoms with Crippen molar-refractivity contribution in [1.29, 1.82) is 0 Å². The number of carboxylic acids is 1. The summed E-state index contributed by atoms with van der Waals surface area (Å²) in [5, 5.41) is 20.6. The van der Waals surface area contributed by atoms with Crippen molar-refractivity contribution in [2.75, 3.05) is 0 Å². The second-order valence-corrected chi connectivity index (χ2v) is 2.95. The molecule has 2 aromatic rings. The maximum Gasteiger partial charge on any atom is 0.335 e. The van der Waals surface area contributed by atoms with Gasteiger partial charge in [0.15, 0.2) is 0 Å². The van der Waals surface area contributed by atoms with Gasteiger partial charge in [-0.25, -0.2) is 4.79 Å². The van der Waals surface area contributed by atoms with E-state index in [1.165, 1.54) is 12.1 Å². The predicted molar refractivity (Wildman–Crippen MR) is 52.6 cm³/mol. The largest absolute Gasteiger partial charge is 0.478 e. The smallest absolute Gasteiger partial charge is 0.335 e. The zero-order valence-electron chi connectivity index (χ0n) is 7.54. The Morgan fingerprint density at radius 3 is 2.87 bits per heavy atom. The van der Waals surface area contributed by atoms with Gasteiger partial charge in [-0.3, -0.25) is 0 Å². The molecule has 5 heteroatoms. The van der Waals surface area contributed by atoms with Crippen molar-refractivity contribution in [2.24, 2.45) is 5.16 Å². The number of furan rings is 1. The first-order valence-corrected chi connectivity index (χ1v) is 4.15. The molecular weight excluding hydrogens is 198 g/mol. The van der Waals surface area contributed by atoms with E-state index in [9.17, 15) is 4.79 Å². The Morgan fingerprint density at radius 1 is 1.40 bits per heavy atom. The van der Waals surface area contributed by atoms with Gasteiger partial charge >= 0.3 is 5.97 Å². The molecule has 0 atom stereocenters. The van der Waals surface area contributed by atoms with Crippen molar-refractivity contribution in [3.05, 3.63) is 35.6 Å². The van der Waals surface area contributed by atoms with Crippen LogP contribution in [0.2, 0.25) is 0 Å². The molecule has 0 spiro atoms. The molecule has 0 amide bonds. The third kappa shape index (κ3) is 1.67. The third-order valence-corrected chi connectivity index (χ3v) is 1.97. The molecule has 0 radical (unpaired) electrons. The van der Waals surface area contributed by atoms with Crippen molar-refractivity contribution >= 4 is 23.2 Å². The Hall–Kier alpha value is -2.30. The summed E-state index contributed by atoms with van der Waals surface area (Å²) in [5.74, 6) is -0.638. The van der Waals surface area contributed by atoms with Gasteiger partial charge < -0.3 is 14.7 Å². The first-order valence-electron chi connectivity index (χ1n) is 4.15. The summed E-state index contributed by atoms with van der Waals surface area (Å²) in [6.07, 6.45) is 1.14. The van der Waals surface area contributed by atoms with E-state index in [0.717, 1.165) is 11.6 Å². The Morgan fingerprint density at radius 2 is 2.20 bits per heavy atom. The number of carboxylic acid groups (broad SMARTS) is 1. The van der Waals surface area contributed by atoms with Crippen LogP contribution in [-0.2, 0) is 0 Å². The molecule has 1 heterocycles. The Labute approximate surface area is 84.2 Å². The van der Waals surface area contributed by atoms with Crippen LogP contribution in [0.4, 0.5) is 0 Å². The van der Waals surface area contributed by atoms with Gasteiger partial charge in [-0.15, -0.1) is 0 Å². The van der Waals surface area contributed by atoms with Gasteiger partial charge in [-0.2, -0.15) is 0 Å². The highest BCUT2D eigenvalue weighted by Gasteiger charge is 2.07. The zero-order chi connectivity index (χ0) is 10.8. The first kappa shape index (κ1) is 9.26. The predicted octanol–water partition coefficient (Wildman–Crippen LogP) is 1.94. The van der Waals surface area contributed by atoms with Crippen LogP contribution in [0, 0.1) is 0 Å². The Balaban J connectivity index is 2.56. The summed E-state index contributed by atoms with van der Waals surface area (Å²) >= 11 is 0. The number of benzene rings is 1. The molecule has 0 saturated carbocycles. The topological polar surface area (TPSA) is 83.0 Å². The molecule has 0 aliphatic carbocycles. The quantitative estimate of drug-likeness (QED) is 0.445. The average molecular weight is 205 g/mol. The second kappa shape index (κ2) is 3.45. The minimum atomic E-state index is -1.01. The molecule has 0 unspecified atom stereocenters. The van der Waals surface area contributed by atoms with Gasteiger partial charge in [0.2, 0.25) is 0 Å². The van der Waals surface area contributed by atoms with Gasteiger partial charge in [0.05, 0.1) is 5.56 Å². The first-order chi connectivity index (χ1) is 7.20. The summed E-state index contributed by atoms with van der Waals surface area (Å²) in [6, 6.07) is 6.20. The maximum absolute atomic E-state index is 10.7. The number of aromatic carboxylic acids is 1. The lowest BCUT2D eigenvalue weighted by Gasteiger charge is -1.92. The normalized spacial score (nSPS) is 11.2. The molecule has 0 fully saturated rings. The molecule has 2 rings (SSSR count). The molecule has 0 bridgehead atoms. The van der Waals surface area contributed by atoms with Crippen LogP contribution in [0.3, 0.4) is 0 Å². The van der Waals surface area contributed by atoms with Crippen LogP contribution in [0.15, 0.2) is 33.8 Å². The molecule has 0 saturated heterocycles. The van der Waals surface area contributed by atoms with Crippen LogP contribution in [0.5, 0.6) is 0 Å². The van der Waals surface area contributed by atoms with E-state index in [4.69, 9.17) is 14.7 Å². The van der Waals surface area contributed by atoms with Crippen LogP contribution < -0.4 is 0 Å². The summed E-state index contributed by atoms with van der Waals surface area (Å²) < 4.78 is 5.23. The lowest BCUT2D eigenvalue weighted by Crippen LogP contribution is -1.94. The fourth-order valence-corrected chi connectivity index (χ4v) is 1.31. The highest BCUT2D eigenvalue weighted by Crippen LogP contribution is 2.19. The summed E-state index contributed by atoms with van der Waals surface area (Å²) in [5.41, 5.74) is 0.606. The number of carbonyl (C=O) groups is 1. The van der Waals surface area contributed by atoms with Gasteiger partial charge in [-0.1, -0.05) is 11.2 Å². The Bertz CT molecular complexity index is 541. The van der Waals surface area contributed by atoms with Gasteiger partial charge in [0.25, 0.3) is 0 Å². The van der Waals surface area contributed by atoms with Crippen molar-refractivity contribution in [1.82, 2.24) is 0 Å². The van der Waals surface area contributed by atoms with E-state index >= 15 is 0 Å². The molecule has 76 valence electrons. The number of oxime groups is 1. The van der Waals surface area contributed by atoms with Crippen LogP contribution in [0.25, 0.3) is 11.0 Å². The highest BCUT2D eigenvalue weighted by atomic mass is 16.4. The number of nitrogens with zero attached hydrogens (tertiary/aromatic N) is 1. The molecule has 2 N–H and O–H groups in total. The van der Waals surface area contributed by atoms with Gasteiger partial charge in [-0.05, 0) is 18.2 Å². The minimum absolute atomic E-state index is 0.157. The fraction of sp³-hybridized carbons (Fsp3) is 0. The van der Waals surface area contributed by atoms with E-state index < -0.39 is 5.97 Å². The van der Waals surface area contributed by atoms with Gasteiger partial charge in [0, 0.05) is 5.39 Å². The van der Waals surface area contributed by atoms with E-state index in [1.54, 1.807) is 12.1 Å². The van der Waals surface area contributed by atoms with Crippen LogP contribution in [0.1, 0.15) is 16.1 Å². The maximum atomic E-state index is 10.7. The molecular formula is C10H7NO4. The van der Waals surface area contributed by atoms with Gasteiger partial charge in [0.1, 0.15) is 17.6 Å².